The van der Waals surface area contributed by atoms with Crippen LogP contribution < -0.4 is 14.8 Å². The molecule has 29 heavy (non-hydrogen) atoms. The Hall–Kier alpha value is -2.05. The zero-order valence-electron chi connectivity index (χ0n) is 17.9. The number of anilines is 1. The number of fused-ring (bicyclic) bond motifs is 1. The van der Waals surface area contributed by atoms with Gasteiger partial charge in [0, 0.05) is 44.2 Å². The van der Waals surface area contributed by atoms with E-state index in [1.54, 1.807) is 7.11 Å². The van der Waals surface area contributed by atoms with Gasteiger partial charge in [-0.15, -0.1) is 0 Å². The van der Waals surface area contributed by atoms with Crippen LogP contribution in [0, 0.1) is 5.92 Å². The van der Waals surface area contributed by atoms with Crippen LogP contribution in [0.3, 0.4) is 0 Å². The van der Waals surface area contributed by atoms with Gasteiger partial charge in [-0.05, 0) is 56.0 Å². The molecule has 2 aliphatic rings. The summed E-state index contributed by atoms with van der Waals surface area (Å²) in [5, 5.41) is 4.37. The summed E-state index contributed by atoms with van der Waals surface area (Å²) >= 11 is 0. The molecule has 0 aliphatic carbocycles. The predicted octanol–water partition coefficient (Wildman–Crippen LogP) is 3.90. The summed E-state index contributed by atoms with van der Waals surface area (Å²) in [4.78, 5) is 7.28. The first-order valence-corrected chi connectivity index (χ1v) is 10.8. The lowest BCUT2D eigenvalue weighted by Gasteiger charge is -2.24. The molecule has 0 bridgehead atoms. The molecule has 6 nitrogen and oxygen atoms in total. The maximum Gasteiger partial charge on any atom is 0.163 e. The van der Waals surface area contributed by atoms with Crippen molar-refractivity contribution >= 4 is 16.7 Å². The maximum absolute atomic E-state index is 6.24. The van der Waals surface area contributed by atoms with Crippen molar-refractivity contribution in [2.45, 2.75) is 32.1 Å². The largest absolute Gasteiger partial charge is 0.493 e. The van der Waals surface area contributed by atoms with Gasteiger partial charge in [0.1, 0.15) is 5.82 Å². The number of nitrogens with zero attached hydrogens (tertiary/aromatic N) is 2. The van der Waals surface area contributed by atoms with Crippen LogP contribution in [0.5, 0.6) is 11.5 Å². The normalized spacial score (nSPS) is 20.9. The fraction of sp³-hybridized carbons (Fsp3) is 0.609. The molecule has 0 amide bonds. The highest BCUT2D eigenvalue weighted by Crippen LogP contribution is 2.39. The molecule has 3 heterocycles. The number of benzene rings is 1. The van der Waals surface area contributed by atoms with E-state index in [0.29, 0.717) is 11.8 Å². The van der Waals surface area contributed by atoms with Crippen molar-refractivity contribution in [2.75, 3.05) is 58.9 Å². The summed E-state index contributed by atoms with van der Waals surface area (Å²) in [5.74, 6) is 3.52. The van der Waals surface area contributed by atoms with Crippen LogP contribution in [0.2, 0.25) is 0 Å². The maximum atomic E-state index is 6.24. The van der Waals surface area contributed by atoms with E-state index in [1.165, 1.54) is 18.5 Å². The van der Waals surface area contributed by atoms with Crippen molar-refractivity contribution < 1.29 is 14.2 Å². The van der Waals surface area contributed by atoms with Gasteiger partial charge >= 0.3 is 0 Å². The van der Waals surface area contributed by atoms with E-state index < -0.39 is 0 Å². The number of aromatic nitrogens is 1. The van der Waals surface area contributed by atoms with Gasteiger partial charge < -0.3 is 24.4 Å². The van der Waals surface area contributed by atoms with E-state index in [2.05, 4.69) is 29.3 Å². The summed E-state index contributed by atoms with van der Waals surface area (Å²) in [5.41, 5.74) is 2.28. The summed E-state index contributed by atoms with van der Waals surface area (Å²) in [6.07, 6.45) is 3.27. The van der Waals surface area contributed by atoms with Crippen LogP contribution in [-0.4, -0.2) is 63.5 Å². The van der Waals surface area contributed by atoms with Crippen LogP contribution in [-0.2, 0) is 4.74 Å². The number of nitrogens with one attached hydrogen (secondary N) is 1. The Labute approximate surface area is 173 Å². The average molecular weight is 400 g/mol. The highest BCUT2D eigenvalue weighted by molar-refractivity contribution is 5.88. The minimum atomic E-state index is 0.483. The molecule has 0 spiro atoms. The van der Waals surface area contributed by atoms with Crippen molar-refractivity contribution in [1.82, 2.24) is 9.88 Å². The Balaban J connectivity index is 1.63. The van der Waals surface area contributed by atoms with Crippen molar-refractivity contribution in [3.63, 3.8) is 0 Å². The van der Waals surface area contributed by atoms with Gasteiger partial charge in [-0.3, -0.25) is 0 Å². The Morgan fingerprint density at radius 3 is 2.69 bits per heavy atom. The highest BCUT2D eigenvalue weighted by atomic mass is 16.5. The van der Waals surface area contributed by atoms with E-state index >= 15 is 0 Å². The average Bonchev–Trinajstić information content (AvgIpc) is 3.25. The Kier molecular flexibility index (Phi) is 6.40. The van der Waals surface area contributed by atoms with Crippen LogP contribution in [0.4, 0.5) is 5.82 Å². The van der Waals surface area contributed by atoms with E-state index in [0.717, 1.165) is 74.0 Å². The molecule has 0 unspecified atom stereocenters. The quantitative estimate of drug-likeness (QED) is 0.762. The van der Waals surface area contributed by atoms with E-state index in [1.807, 2.05) is 13.1 Å². The molecule has 1 N–H and O–H groups in total. The Morgan fingerprint density at radius 1 is 1.17 bits per heavy atom. The first-order valence-electron chi connectivity index (χ1n) is 10.8. The number of rotatable bonds is 7. The molecule has 0 radical (unpaired) electrons. The summed E-state index contributed by atoms with van der Waals surface area (Å²) < 4.78 is 17.5. The molecule has 6 heteroatoms. The number of hydrogen-bond acceptors (Lipinski definition) is 6. The zero-order valence-corrected chi connectivity index (χ0v) is 17.9. The van der Waals surface area contributed by atoms with Crippen molar-refractivity contribution in [2.24, 2.45) is 5.92 Å². The van der Waals surface area contributed by atoms with Crippen molar-refractivity contribution in [3.8, 4) is 11.5 Å². The molecular weight excluding hydrogens is 366 g/mol. The number of ether oxygens (including phenoxy) is 3. The summed E-state index contributed by atoms with van der Waals surface area (Å²) in [6.45, 7) is 7.97. The second-order valence-electron chi connectivity index (χ2n) is 8.11. The molecule has 4 rings (SSSR count). The number of likely N-dealkylation sites (tertiary alicyclic amines) is 1. The van der Waals surface area contributed by atoms with Crippen LogP contribution in [0.15, 0.2) is 18.2 Å². The first-order chi connectivity index (χ1) is 14.2. The number of hydrogen-bond donors (Lipinski definition) is 1. The summed E-state index contributed by atoms with van der Waals surface area (Å²) in [6, 6.07) is 6.33. The Bertz CT molecular complexity index is 836. The second kappa shape index (κ2) is 9.18. The van der Waals surface area contributed by atoms with Gasteiger partial charge in [0.25, 0.3) is 0 Å². The molecule has 158 valence electrons. The van der Waals surface area contributed by atoms with Gasteiger partial charge in [-0.25, -0.2) is 4.98 Å². The first kappa shape index (κ1) is 20.2. The van der Waals surface area contributed by atoms with Crippen LogP contribution >= 0.6 is 0 Å². The monoisotopic (exact) mass is 399 g/mol. The smallest absolute Gasteiger partial charge is 0.163 e. The third-order valence-electron chi connectivity index (χ3n) is 6.34. The number of pyridine rings is 1. The number of methoxy groups -OCH3 is 1. The molecule has 1 aromatic heterocycles. The predicted molar refractivity (Wildman–Crippen MR) is 116 cm³/mol. The summed E-state index contributed by atoms with van der Waals surface area (Å²) in [7, 11) is 3.63. The van der Waals surface area contributed by atoms with Crippen molar-refractivity contribution in [3.05, 3.63) is 23.8 Å². The van der Waals surface area contributed by atoms with Crippen LogP contribution in [0.1, 0.15) is 37.7 Å². The lowest BCUT2D eigenvalue weighted by Crippen LogP contribution is -2.22. The SMILES string of the molecule is CCN1CC[C@@H](COc2cc3nc(NC)cc(C4CCOCC4)c3cc2OC)C1. The standard InChI is InChI=1S/C23H33N3O3/c1-4-26-8-5-16(14-26)15-29-22-13-20-19(11-21(22)27-3)18(12-23(24-2)25-20)17-6-9-28-10-7-17/h11-13,16-17H,4-10,14-15H2,1-3H3,(H,24,25)/t16-/m1/s1. The Morgan fingerprint density at radius 2 is 2.00 bits per heavy atom. The highest BCUT2D eigenvalue weighted by Gasteiger charge is 2.24. The van der Waals surface area contributed by atoms with E-state index in [4.69, 9.17) is 19.2 Å². The molecule has 2 aliphatic heterocycles. The lowest BCUT2D eigenvalue weighted by atomic mass is 9.89. The lowest BCUT2D eigenvalue weighted by molar-refractivity contribution is 0.0856. The van der Waals surface area contributed by atoms with Crippen LogP contribution in [0.25, 0.3) is 10.9 Å². The minimum absolute atomic E-state index is 0.483. The zero-order chi connectivity index (χ0) is 20.2. The van der Waals surface area contributed by atoms with Gasteiger partial charge in [0.05, 0.1) is 19.2 Å². The van der Waals surface area contributed by atoms with Gasteiger partial charge in [0.15, 0.2) is 11.5 Å². The molecule has 0 saturated carbocycles. The van der Waals surface area contributed by atoms with Crippen molar-refractivity contribution in [1.29, 1.82) is 0 Å². The molecule has 2 saturated heterocycles. The molecule has 2 fully saturated rings. The van der Waals surface area contributed by atoms with Gasteiger partial charge in [-0.2, -0.15) is 0 Å². The molecule has 1 aromatic carbocycles. The fourth-order valence-corrected chi connectivity index (χ4v) is 4.55. The molecule has 1 atom stereocenters. The third-order valence-corrected chi connectivity index (χ3v) is 6.34. The van der Waals surface area contributed by atoms with E-state index in [9.17, 15) is 0 Å². The topological polar surface area (TPSA) is 55.9 Å². The van der Waals surface area contributed by atoms with E-state index in [-0.39, 0.29) is 0 Å². The fourth-order valence-electron chi connectivity index (χ4n) is 4.55. The third kappa shape index (κ3) is 4.43. The second-order valence-corrected chi connectivity index (χ2v) is 8.11. The minimum Gasteiger partial charge on any atom is -0.493 e. The molecular formula is C23H33N3O3. The van der Waals surface area contributed by atoms with Gasteiger partial charge in [-0.1, -0.05) is 6.92 Å². The molecule has 2 aromatic rings. The van der Waals surface area contributed by atoms with Gasteiger partial charge in [0.2, 0.25) is 0 Å².